The highest BCUT2D eigenvalue weighted by Crippen LogP contribution is 2.37. The molecule has 18 heavy (non-hydrogen) atoms. The standard InChI is InChI=1S/C11H10BrN3O2S/c1-6-14-15-11(18-6)13-4-7-2-9-10(3-8(7)12)17-5-16-9/h2-3H,4-5H2,1H3,(H,13,15). The van der Waals surface area contributed by atoms with Gasteiger partial charge in [-0.2, -0.15) is 0 Å². The second kappa shape index (κ2) is 4.74. The highest BCUT2D eigenvalue weighted by molar-refractivity contribution is 9.10. The fourth-order valence-corrected chi connectivity index (χ4v) is 2.68. The zero-order valence-corrected chi connectivity index (χ0v) is 12.0. The Balaban J connectivity index is 1.76. The first-order valence-electron chi connectivity index (χ1n) is 5.34. The first-order chi connectivity index (χ1) is 8.72. The third-order valence-electron chi connectivity index (χ3n) is 2.50. The number of aromatic nitrogens is 2. The van der Waals surface area contributed by atoms with Crippen molar-refractivity contribution in [3.63, 3.8) is 0 Å². The maximum Gasteiger partial charge on any atom is 0.231 e. The molecule has 1 aromatic carbocycles. The van der Waals surface area contributed by atoms with Gasteiger partial charge in [0, 0.05) is 11.0 Å². The summed E-state index contributed by atoms with van der Waals surface area (Å²) in [6, 6.07) is 3.89. The number of hydrogen-bond acceptors (Lipinski definition) is 6. The van der Waals surface area contributed by atoms with Gasteiger partial charge in [-0.1, -0.05) is 27.3 Å². The molecule has 3 rings (SSSR count). The van der Waals surface area contributed by atoms with Crippen LogP contribution in [-0.2, 0) is 6.54 Å². The SMILES string of the molecule is Cc1nnc(NCc2cc3c(cc2Br)OCO3)s1. The van der Waals surface area contributed by atoms with Crippen LogP contribution in [0.1, 0.15) is 10.6 Å². The van der Waals surface area contributed by atoms with E-state index in [1.807, 2.05) is 19.1 Å². The van der Waals surface area contributed by atoms with Crippen LogP contribution in [0.3, 0.4) is 0 Å². The van der Waals surface area contributed by atoms with E-state index in [0.717, 1.165) is 31.7 Å². The molecule has 7 heteroatoms. The van der Waals surface area contributed by atoms with E-state index in [1.165, 1.54) is 11.3 Å². The van der Waals surface area contributed by atoms with Crippen molar-refractivity contribution in [2.45, 2.75) is 13.5 Å². The predicted octanol–water partition coefficient (Wildman–Crippen LogP) is 2.95. The van der Waals surface area contributed by atoms with Crippen LogP contribution in [0.15, 0.2) is 16.6 Å². The normalized spacial score (nSPS) is 12.8. The van der Waals surface area contributed by atoms with Crippen LogP contribution in [-0.4, -0.2) is 17.0 Å². The van der Waals surface area contributed by atoms with Crippen LogP contribution in [0.4, 0.5) is 5.13 Å². The molecule has 2 aromatic rings. The first kappa shape index (κ1) is 11.7. The quantitative estimate of drug-likeness (QED) is 0.939. The summed E-state index contributed by atoms with van der Waals surface area (Å²) in [5, 5.41) is 13.0. The van der Waals surface area contributed by atoms with Crippen LogP contribution < -0.4 is 14.8 Å². The summed E-state index contributed by atoms with van der Waals surface area (Å²) < 4.78 is 11.6. The summed E-state index contributed by atoms with van der Waals surface area (Å²) in [5.41, 5.74) is 1.09. The Labute approximate surface area is 116 Å². The Kier molecular flexibility index (Phi) is 3.09. The lowest BCUT2D eigenvalue weighted by molar-refractivity contribution is 0.174. The van der Waals surface area contributed by atoms with Crippen LogP contribution in [0, 0.1) is 6.92 Å². The number of aryl methyl sites for hydroxylation is 1. The third-order valence-corrected chi connectivity index (χ3v) is 4.03. The molecule has 1 aliphatic rings. The average Bonchev–Trinajstić information content (AvgIpc) is 2.94. The highest BCUT2D eigenvalue weighted by Gasteiger charge is 2.16. The van der Waals surface area contributed by atoms with Gasteiger partial charge in [0.2, 0.25) is 11.9 Å². The minimum absolute atomic E-state index is 0.286. The molecule has 0 spiro atoms. The van der Waals surface area contributed by atoms with Crippen molar-refractivity contribution in [1.82, 2.24) is 10.2 Å². The van der Waals surface area contributed by atoms with Crippen molar-refractivity contribution >= 4 is 32.4 Å². The highest BCUT2D eigenvalue weighted by atomic mass is 79.9. The second-order valence-corrected chi connectivity index (χ2v) is 5.81. The summed E-state index contributed by atoms with van der Waals surface area (Å²) >= 11 is 5.05. The van der Waals surface area contributed by atoms with Gasteiger partial charge in [-0.3, -0.25) is 0 Å². The topological polar surface area (TPSA) is 56.3 Å². The Morgan fingerprint density at radius 2 is 2.11 bits per heavy atom. The van der Waals surface area contributed by atoms with Gasteiger partial charge >= 0.3 is 0 Å². The molecule has 0 saturated carbocycles. The molecule has 0 aliphatic carbocycles. The van der Waals surface area contributed by atoms with Crippen molar-refractivity contribution in [3.8, 4) is 11.5 Å². The van der Waals surface area contributed by atoms with Crippen molar-refractivity contribution in [1.29, 1.82) is 0 Å². The van der Waals surface area contributed by atoms with E-state index in [2.05, 4.69) is 31.4 Å². The molecule has 1 aromatic heterocycles. The molecule has 5 nitrogen and oxygen atoms in total. The van der Waals surface area contributed by atoms with Crippen molar-refractivity contribution in [3.05, 3.63) is 27.2 Å². The third kappa shape index (κ3) is 2.28. The summed E-state index contributed by atoms with van der Waals surface area (Å²) in [6.07, 6.45) is 0. The Morgan fingerprint density at radius 3 is 2.83 bits per heavy atom. The number of rotatable bonds is 3. The van der Waals surface area contributed by atoms with Gasteiger partial charge in [0.25, 0.3) is 0 Å². The number of nitrogens with one attached hydrogen (secondary N) is 1. The van der Waals surface area contributed by atoms with Gasteiger partial charge in [0.15, 0.2) is 11.5 Å². The summed E-state index contributed by atoms with van der Waals surface area (Å²) in [4.78, 5) is 0. The molecule has 0 radical (unpaired) electrons. The molecule has 94 valence electrons. The average molecular weight is 328 g/mol. The molecule has 0 unspecified atom stereocenters. The Hall–Kier alpha value is -1.34. The van der Waals surface area contributed by atoms with E-state index < -0.39 is 0 Å². The molecule has 0 amide bonds. The van der Waals surface area contributed by atoms with Crippen molar-refractivity contribution in [2.75, 3.05) is 12.1 Å². The van der Waals surface area contributed by atoms with Crippen LogP contribution in [0.5, 0.6) is 11.5 Å². The maximum atomic E-state index is 5.35. The van der Waals surface area contributed by atoms with Gasteiger partial charge < -0.3 is 14.8 Å². The number of anilines is 1. The van der Waals surface area contributed by atoms with Gasteiger partial charge in [-0.05, 0) is 24.6 Å². The molecule has 0 bridgehead atoms. The monoisotopic (exact) mass is 327 g/mol. The summed E-state index contributed by atoms with van der Waals surface area (Å²) in [7, 11) is 0. The van der Waals surface area contributed by atoms with Crippen molar-refractivity contribution < 1.29 is 9.47 Å². The molecular formula is C11H10BrN3O2S. The zero-order valence-electron chi connectivity index (χ0n) is 9.57. The number of ether oxygens (including phenoxy) is 2. The van der Waals surface area contributed by atoms with Crippen LogP contribution in [0.2, 0.25) is 0 Å². The number of hydrogen-bond donors (Lipinski definition) is 1. The number of benzene rings is 1. The smallest absolute Gasteiger partial charge is 0.231 e. The molecule has 0 saturated heterocycles. The lowest BCUT2D eigenvalue weighted by Crippen LogP contribution is -2.00. The second-order valence-electron chi connectivity index (χ2n) is 3.78. The van der Waals surface area contributed by atoms with Gasteiger partial charge in [0.1, 0.15) is 5.01 Å². The lowest BCUT2D eigenvalue weighted by atomic mass is 10.2. The number of halogens is 1. The lowest BCUT2D eigenvalue weighted by Gasteiger charge is -2.06. The summed E-state index contributed by atoms with van der Waals surface area (Å²) in [6.45, 7) is 2.87. The molecular weight excluding hydrogens is 318 g/mol. The molecule has 0 fully saturated rings. The number of fused-ring (bicyclic) bond motifs is 1. The van der Waals surface area contributed by atoms with E-state index >= 15 is 0 Å². The van der Waals surface area contributed by atoms with E-state index in [0.29, 0.717) is 6.54 Å². The van der Waals surface area contributed by atoms with E-state index in [1.54, 1.807) is 0 Å². The fraction of sp³-hybridized carbons (Fsp3) is 0.273. The van der Waals surface area contributed by atoms with Gasteiger partial charge in [-0.15, -0.1) is 10.2 Å². The Bertz CT molecular complexity index is 588. The molecule has 1 N–H and O–H groups in total. The molecule has 0 atom stereocenters. The fourth-order valence-electron chi connectivity index (χ4n) is 1.63. The minimum Gasteiger partial charge on any atom is -0.454 e. The first-order valence-corrected chi connectivity index (χ1v) is 6.95. The number of nitrogens with zero attached hydrogens (tertiary/aromatic N) is 2. The van der Waals surface area contributed by atoms with Gasteiger partial charge in [0.05, 0.1) is 0 Å². The van der Waals surface area contributed by atoms with E-state index in [-0.39, 0.29) is 6.79 Å². The largest absolute Gasteiger partial charge is 0.454 e. The van der Waals surface area contributed by atoms with E-state index in [9.17, 15) is 0 Å². The maximum absolute atomic E-state index is 5.35. The van der Waals surface area contributed by atoms with E-state index in [4.69, 9.17) is 9.47 Å². The predicted molar refractivity (Wildman–Crippen MR) is 72.2 cm³/mol. The summed E-state index contributed by atoms with van der Waals surface area (Å²) in [5.74, 6) is 1.56. The molecule has 2 heterocycles. The van der Waals surface area contributed by atoms with Gasteiger partial charge in [-0.25, -0.2) is 0 Å². The zero-order chi connectivity index (χ0) is 12.5. The minimum atomic E-state index is 0.286. The van der Waals surface area contributed by atoms with Crippen molar-refractivity contribution in [2.24, 2.45) is 0 Å². The van der Waals surface area contributed by atoms with Crippen LogP contribution >= 0.6 is 27.3 Å². The molecule has 1 aliphatic heterocycles. The Morgan fingerprint density at radius 1 is 1.33 bits per heavy atom. The van der Waals surface area contributed by atoms with Crippen LogP contribution in [0.25, 0.3) is 0 Å².